The third kappa shape index (κ3) is 6.19. The third-order valence-corrected chi connectivity index (χ3v) is 5.18. The highest BCUT2D eigenvalue weighted by atomic mass is 79.9. The van der Waals surface area contributed by atoms with E-state index in [1.807, 2.05) is 32.9 Å². The molecule has 1 fully saturated rings. The summed E-state index contributed by atoms with van der Waals surface area (Å²) < 4.78 is 11.6. The number of rotatable bonds is 6. The lowest BCUT2D eigenvalue weighted by molar-refractivity contribution is 0.0509. The van der Waals surface area contributed by atoms with Crippen molar-refractivity contribution < 1.29 is 14.3 Å². The van der Waals surface area contributed by atoms with Crippen LogP contribution in [0.4, 0.5) is 4.79 Å². The molecule has 0 spiro atoms. The second-order valence-electron chi connectivity index (χ2n) is 7.65. The van der Waals surface area contributed by atoms with E-state index in [1.165, 1.54) is 18.4 Å². The highest BCUT2D eigenvalue weighted by Gasteiger charge is 2.34. The van der Waals surface area contributed by atoms with Gasteiger partial charge in [-0.15, -0.1) is 0 Å². The molecule has 140 valence electrons. The van der Waals surface area contributed by atoms with Crippen LogP contribution in [-0.2, 0) is 11.3 Å². The van der Waals surface area contributed by atoms with Crippen LogP contribution >= 0.6 is 15.9 Å². The predicted molar refractivity (Wildman–Crippen MR) is 103 cm³/mol. The summed E-state index contributed by atoms with van der Waals surface area (Å²) in [4.78, 5) is 12.0. The Morgan fingerprint density at radius 3 is 2.52 bits per heavy atom. The van der Waals surface area contributed by atoms with E-state index in [0.717, 1.165) is 29.6 Å². The zero-order valence-corrected chi connectivity index (χ0v) is 17.2. The predicted octanol–water partition coefficient (Wildman–Crippen LogP) is 4.38. The van der Waals surface area contributed by atoms with Crippen LogP contribution in [0.1, 0.15) is 52.0 Å². The summed E-state index contributed by atoms with van der Waals surface area (Å²) in [5.74, 6) is 0.831. The summed E-state index contributed by atoms with van der Waals surface area (Å²) in [6.07, 6.45) is 4.10. The lowest BCUT2D eigenvalue weighted by Gasteiger charge is -2.31. The maximum Gasteiger partial charge on any atom is 0.407 e. The van der Waals surface area contributed by atoms with Crippen molar-refractivity contribution in [1.29, 1.82) is 0 Å². The largest absolute Gasteiger partial charge is 0.497 e. The molecule has 0 aliphatic heterocycles. The second-order valence-corrected chi connectivity index (χ2v) is 8.51. The van der Waals surface area contributed by atoms with E-state index in [9.17, 15) is 4.79 Å². The molecule has 6 heteroatoms. The number of benzene rings is 1. The van der Waals surface area contributed by atoms with Gasteiger partial charge in [-0.25, -0.2) is 4.79 Å². The SMILES string of the molecule is COc1ccc(CNC2(CNC(=O)OC(C)(C)C)CCCC2)c(Br)c1. The molecular formula is C19H29BrN2O3. The Labute approximate surface area is 159 Å². The Kier molecular flexibility index (Phi) is 6.74. The second kappa shape index (κ2) is 8.41. The Balaban J connectivity index is 1.95. The van der Waals surface area contributed by atoms with Crippen LogP contribution in [0.15, 0.2) is 22.7 Å². The Morgan fingerprint density at radius 1 is 1.28 bits per heavy atom. The van der Waals surface area contributed by atoms with Gasteiger partial charge in [0, 0.05) is 23.1 Å². The normalized spacial score (nSPS) is 16.5. The minimum absolute atomic E-state index is 0.0731. The molecule has 1 aliphatic rings. The van der Waals surface area contributed by atoms with Crippen LogP contribution in [0.5, 0.6) is 5.75 Å². The van der Waals surface area contributed by atoms with Gasteiger partial charge in [-0.05, 0) is 51.3 Å². The molecule has 1 amide bonds. The van der Waals surface area contributed by atoms with Crippen molar-refractivity contribution in [2.75, 3.05) is 13.7 Å². The Bertz CT molecular complexity index is 593. The van der Waals surface area contributed by atoms with Crippen LogP contribution in [-0.4, -0.2) is 30.9 Å². The maximum absolute atomic E-state index is 12.0. The van der Waals surface area contributed by atoms with Gasteiger partial charge < -0.3 is 20.1 Å². The number of alkyl carbamates (subject to hydrolysis) is 1. The van der Waals surface area contributed by atoms with Gasteiger partial charge in [0.25, 0.3) is 0 Å². The van der Waals surface area contributed by atoms with E-state index < -0.39 is 5.60 Å². The molecule has 25 heavy (non-hydrogen) atoms. The van der Waals surface area contributed by atoms with Crippen LogP contribution in [0.3, 0.4) is 0 Å². The molecule has 2 N–H and O–H groups in total. The molecule has 1 aromatic carbocycles. The number of methoxy groups -OCH3 is 1. The summed E-state index contributed by atoms with van der Waals surface area (Å²) in [5, 5.41) is 6.60. The molecule has 0 heterocycles. The summed E-state index contributed by atoms with van der Waals surface area (Å²) in [7, 11) is 1.66. The zero-order chi connectivity index (χ0) is 18.5. The first-order valence-electron chi connectivity index (χ1n) is 8.77. The number of hydrogen-bond acceptors (Lipinski definition) is 4. The van der Waals surface area contributed by atoms with Crippen molar-refractivity contribution in [3.05, 3.63) is 28.2 Å². The van der Waals surface area contributed by atoms with Crippen molar-refractivity contribution >= 4 is 22.0 Å². The fourth-order valence-electron chi connectivity index (χ4n) is 3.10. The summed E-state index contributed by atoms with van der Waals surface area (Å²) in [6.45, 7) is 6.93. The van der Waals surface area contributed by atoms with Crippen molar-refractivity contribution in [1.82, 2.24) is 10.6 Å². The number of carbonyl (C=O) groups excluding carboxylic acids is 1. The minimum Gasteiger partial charge on any atom is -0.497 e. The van der Waals surface area contributed by atoms with E-state index in [-0.39, 0.29) is 11.6 Å². The van der Waals surface area contributed by atoms with Crippen LogP contribution < -0.4 is 15.4 Å². The van der Waals surface area contributed by atoms with E-state index in [4.69, 9.17) is 9.47 Å². The molecule has 2 rings (SSSR count). The number of halogens is 1. The van der Waals surface area contributed by atoms with Gasteiger partial charge in [0.15, 0.2) is 0 Å². The van der Waals surface area contributed by atoms with Crippen molar-refractivity contribution in [2.45, 2.75) is 64.1 Å². The number of ether oxygens (including phenoxy) is 2. The summed E-state index contributed by atoms with van der Waals surface area (Å²) in [6, 6.07) is 5.99. The molecule has 0 unspecified atom stereocenters. The summed E-state index contributed by atoms with van der Waals surface area (Å²) >= 11 is 3.60. The van der Waals surface area contributed by atoms with Crippen molar-refractivity contribution in [3.63, 3.8) is 0 Å². The van der Waals surface area contributed by atoms with Gasteiger partial charge >= 0.3 is 6.09 Å². The minimum atomic E-state index is -0.478. The molecule has 1 aliphatic carbocycles. The molecule has 5 nitrogen and oxygen atoms in total. The van der Waals surface area contributed by atoms with Crippen LogP contribution in [0.25, 0.3) is 0 Å². The molecule has 1 saturated carbocycles. The van der Waals surface area contributed by atoms with Gasteiger partial charge in [0.1, 0.15) is 11.4 Å². The number of amides is 1. The Morgan fingerprint density at radius 2 is 1.96 bits per heavy atom. The van der Waals surface area contributed by atoms with E-state index in [0.29, 0.717) is 6.54 Å². The third-order valence-electron chi connectivity index (χ3n) is 4.44. The summed E-state index contributed by atoms with van der Waals surface area (Å²) in [5.41, 5.74) is 0.620. The van der Waals surface area contributed by atoms with Gasteiger partial charge in [-0.1, -0.05) is 34.8 Å². The average Bonchev–Trinajstić information content (AvgIpc) is 2.99. The van der Waals surface area contributed by atoms with E-state index in [1.54, 1.807) is 7.11 Å². The smallest absolute Gasteiger partial charge is 0.407 e. The molecule has 1 aromatic rings. The van der Waals surface area contributed by atoms with Gasteiger partial charge in [0.2, 0.25) is 0 Å². The van der Waals surface area contributed by atoms with Crippen LogP contribution in [0.2, 0.25) is 0 Å². The number of hydrogen-bond donors (Lipinski definition) is 2. The van der Waals surface area contributed by atoms with Gasteiger partial charge in [0.05, 0.1) is 7.11 Å². The van der Waals surface area contributed by atoms with E-state index >= 15 is 0 Å². The zero-order valence-electron chi connectivity index (χ0n) is 15.6. The Hall–Kier alpha value is -1.27. The molecule has 0 aromatic heterocycles. The molecular weight excluding hydrogens is 384 g/mol. The lowest BCUT2D eigenvalue weighted by Crippen LogP contribution is -2.52. The van der Waals surface area contributed by atoms with Crippen molar-refractivity contribution in [2.24, 2.45) is 0 Å². The first-order valence-corrected chi connectivity index (χ1v) is 9.57. The van der Waals surface area contributed by atoms with Gasteiger partial charge in [-0.2, -0.15) is 0 Å². The van der Waals surface area contributed by atoms with Crippen LogP contribution in [0, 0.1) is 0 Å². The maximum atomic E-state index is 12.0. The molecule has 0 saturated heterocycles. The number of carbonyl (C=O) groups is 1. The monoisotopic (exact) mass is 412 g/mol. The standard InChI is InChI=1S/C19H29BrN2O3/c1-18(2,3)25-17(23)21-13-19(9-5-6-10-19)22-12-14-7-8-15(24-4)11-16(14)20/h7-8,11,22H,5-6,9-10,12-13H2,1-4H3,(H,21,23). The molecule has 0 radical (unpaired) electrons. The number of nitrogens with one attached hydrogen (secondary N) is 2. The van der Waals surface area contributed by atoms with E-state index in [2.05, 4.69) is 32.6 Å². The fraction of sp³-hybridized carbons (Fsp3) is 0.632. The quantitative estimate of drug-likeness (QED) is 0.727. The molecule has 0 bridgehead atoms. The fourth-order valence-corrected chi connectivity index (χ4v) is 3.60. The van der Waals surface area contributed by atoms with Crippen molar-refractivity contribution in [3.8, 4) is 5.75 Å². The average molecular weight is 413 g/mol. The highest BCUT2D eigenvalue weighted by molar-refractivity contribution is 9.10. The lowest BCUT2D eigenvalue weighted by atomic mass is 9.97. The first-order chi connectivity index (χ1) is 11.7. The van der Waals surface area contributed by atoms with Gasteiger partial charge in [-0.3, -0.25) is 0 Å². The topological polar surface area (TPSA) is 59.6 Å². The first kappa shape index (κ1) is 20.0. The highest BCUT2D eigenvalue weighted by Crippen LogP contribution is 2.30. The molecule has 0 atom stereocenters.